The van der Waals surface area contributed by atoms with Crippen molar-refractivity contribution in [3.63, 3.8) is 0 Å². The molecule has 0 bridgehead atoms. The van der Waals surface area contributed by atoms with Gasteiger partial charge in [-0.05, 0) is 18.6 Å². The lowest BCUT2D eigenvalue weighted by atomic mass is 10.2. The second-order valence-electron chi connectivity index (χ2n) is 4.45. The van der Waals surface area contributed by atoms with Crippen LogP contribution in [0, 0.1) is 11.3 Å². The number of hydrogen-bond acceptors (Lipinski definition) is 5. The third-order valence-electron chi connectivity index (χ3n) is 2.89. The fourth-order valence-electron chi connectivity index (χ4n) is 1.76. The molecule has 2 heterocycles. The summed E-state index contributed by atoms with van der Waals surface area (Å²) < 4.78 is 38.0. The van der Waals surface area contributed by atoms with Crippen molar-refractivity contribution in [3.05, 3.63) is 39.5 Å². The summed E-state index contributed by atoms with van der Waals surface area (Å²) in [5.41, 5.74) is -0.932. The van der Waals surface area contributed by atoms with E-state index in [-0.39, 0.29) is 11.4 Å². The number of nitrogens with zero attached hydrogens (tertiary/aromatic N) is 3. The van der Waals surface area contributed by atoms with Crippen molar-refractivity contribution in [2.75, 3.05) is 11.9 Å². The van der Waals surface area contributed by atoms with Crippen molar-refractivity contribution in [2.24, 2.45) is 0 Å². The molecular formula is C14H13F3N4S. The Bertz CT molecular complexity index is 688. The second-order valence-corrected chi connectivity index (χ2v) is 5.65. The molecule has 4 nitrogen and oxygen atoms in total. The first-order valence-corrected chi connectivity index (χ1v) is 7.41. The van der Waals surface area contributed by atoms with Gasteiger partial charge in [-0.1, -0.05) is 6.92 Å². The van der Waals surface area contributed by atoms with Gasteiger partial charge in [0.25, 0.3) is 0 Å². The molecule has 0 saturated carbocycles. The molecule has 22 heavy (non-hydrogen) atoms. The summed E-state index contributed by atoms with van der Waals surface area (Å²) in [5.74, 6) is -0.0513. The number of anilines is 1. The van der Waals surface area contributed by atoms with Crippen LogP contribution in [-0.4, -0.2) is 16.5 Å². The first kappa shape index (κ1) is 16.2. The van der Waals surface area contributed by atoms with Crippen molar-refractivity contribution in [1.29, 1.82) is 5.26 Å². The average molecular weight is 326 g/mol. The highest BCUT2D eigenvalue weighted by molar-refractivity contribution is 7.11. The molecule has 0 aliphatic carbocycles. The number of hydrogen-bond donors (Lipinski definition) is 1. The highest BCUT2D eigenvalue weighted by atomic mass is 32.1. The van der Waals surface area contributed by atoms with E-state index in [1.54, 1.807) is 17.5 Å². The molecular weight excluding hydrogens is 313 g/mol. The highest BCUT2D eigenvalue weighted by Gasteiger charge is 2.33. The van der Waals surface area contributed by atoms with Crippen LogP contribution in [0.15, 0.2) is 18.3 Å². The Morgan fingerprint density at radius 2 is 2.14 bits per heavy atom. The minimum absolute atomic E-state index is 0.0513. The van der Waals surface area contributed by atoms with Crippen LogP contribution in [0.3, 0.4) is 0 Å². The van der Waals surface area contributed by atoms with Crippen LogP contribution in [0.5, 0.6) is 0 Å². The Hall–Kier alpha value is -2.14. The second kappa shape index (κ2) is 6.75. The van der Waals surface area contributed by atoms with Crippen molar-refractivity contribution in [3.8, 4) is 6.07 Å². The van der Waals surface area contributed by atoms with E-state index in [1.807, 2.05) is 13.0 Å². The average Bonchev–Trinajstić information content (AvgIpc) is 2.94. The number of nitriles is 1. The summed E-state index contributed by atoms with van der Waals surface area (Å²) in [6.45, 7) is 2.39. The van der Waals surface area contributed by atoms with E-state index >= 15 is 0 Å². The summed E-state index contributed by atoms with van der Waals surface area (Å²) in [4.78, 5) is 8.88. The van der Waals surface area contributed by atoms with Gasteiger partial charge in [-0.3, -0.25) is 0 Å². The molecule has 0 radical (unpaired) electrons. The number of alkyl halides is 3. The fraction of sp³-hybridized carbons (Fsp3) is 0.357. The summed E-state index contributed by atoms with van der Waals surface area (Å²) in [5, 5.41) is 12.6. The molecule has 0 unspecified atom stereocenters. The standard InChI is InChI=1S/C14H13F3N4S/c1-2-10-8-20-12(22-10)5-6-19-13-9(7-18)3-4-11(21-13)14(15,16)17/h3-4,8H,2,5-6H2,1H3,(H,19,21). The van der Waals surface area contributed by atoms with Crippen molar-refractivity contribution >= 4 is 17.2 Å². The highest BCUT2D eigenvalue weighted by Crippen LogP contribution is 2.29. The van der Waals surface area contributed by atoms with E-state index < -0.39 is 11.9 Å². The molecule has 0 aromatic carbocycles. The number of pyridine rings is 1. The van der Waals surface area contributed by atoms with Gasteiger partial charge < -0.3 is 5.32 Å². The maximum atomic E-state index is 12.7. The monoisotopic (exact) mass is 326 g/mol. The number of thiazole rings is 1. The Morgan fingerprint density at radius 1 is 1.36 bits per heavy atom. The van der Waals surface area contributed by atoms with E-state index in [2.05, 4.69) is 15.3 Å². The zero-order valence-corrected chi connectivity index (χ0v) is 12.6. The van der Waals surface area contributed by atoms with Crippen LogP contribution in [0.1, 0.15) is 28.1 Å². The molecule has 2 aromatic heterocycles. The van der Waals surface area contributed by atoms with Gasteiger partial charge >= 0.3 is 6.18 Å². The summed E-state index contributed by atoms with van der Waals surface area (Å²) in [7, 11) is 0. The number of rotatable bonds is 5. The predicted octanol–water partition coefficient (Wildman–Crippen LogP) is 3.65. The van der Waals surface area contributed by atoms with Gasteiger partial charge in [-0.25, -0.2) is 9.97 Å². The molecule has 116 valence electrons. The van der Waals surface area contributed by atoms with Crippen LogP contribution in [-0.2, 0) is 19.0 Å². The van der Waals surface area contributed by atoms with E-state index in [1.165, 1.54) is 0 Å². The molecule has 0 amide bonds. The molecule has 0 atom stereocenters. The lowest BCUT2D eigenvalue weighted by Crippen LogP contribution is -2.13. The van der Waals surface area contributed by atoms with Gasteiger partial charge in [0, 0.05) is 24.0 Å². The van der Waals surface area contributed by atoms with Gasteiger partial charge in [-0.15, -0.1) is 11.3 Å². The zero-order chi connectivity index (χ0) is 16.2. The first-order chi connectivity index (χ1) is 10.4. The smallest absolute Gasteiger partial charge is 0.369 e. The summed E-state index contributed by atoms with van der Waals surface area (Å²) in [6.07, 6.45) is -1.27. The predicted molar refractivity (Wildman–Crippen MR) is 77.6 cm³/mol. The minimum Gasteiger partial charge on any atom is -0.369 e. The number of aromatic nitrogens is 2. The maximum absolute atomic E-state index is 12.7. The van der Waals surface area contributed by atoms with Crippen LogP contribution >= 0.6 is 11.3 Å². The van der Waals surface area contributed by atoms with Gasteiger partial charge in [0.05, 0.1) is 10.6 Å². The molecule has 0 spiro atoms. The molecule has 8 heteroatoms. The number of aryl methyl sites for hydroxylation is 1. The SMILES string of the molecule is CCc1cnc(CCNc2nc(C(F)(F)F)ccc2C#N)s1. The van der Waals surface area contributed by atoms with Gasteiger partial charge in [-0.2, -0.15) is 18.4 Å². The van der Waals surface area contributed by atoms with Gasteiger partial charge in [0.15, 0.2) is 0 Å². The van der Waals surface area contributed by atoms with Crippen molar-refractivity contribution < 1.29 is 13.2 Å². The van der Waals surface area contributed by atoms with Gasteiger partial charge in [0.2, 0.25) is 0 Å². The zero-order valence-electron chi connectivity index (χ0n) is 11.7. The first-order valence-electron chi connectivity index (χ1n) is 6.59. The fourth-order valence-corrected chi connectivity index (χ4v) is 2.62. The minimum atomic E-state index is -4.53. The molecule has 0 fully saturated rings. The Balaban J connectivity index is 2.06. The normalized spacial score (nSPS) is 11.2. The largest absolute Gasteiger partial charge is 0.433 e. The van der Waals surface area contributed by atoms with E-state index in [0.29, 0.717) is 13.0 Å². The van der Waals surface area contributed by atoms with Crippen molar-refractivity contribution in [2.45, 2.75) is 25.9 Å². The van der Waals surface area contributed by atoms with Crippen LogP contribution in [0.25, 0.3) is 0 Å². The van der Waals surface area contributed by atoms with Crippen LogP contribution in [0.4, 0.5) is 19.0 Å². The quantitative estimate of drug-likeness (QED) is 0.911. The lowest BCUT2D eigenvalue weighted by molar-refractivity contribution is -0.141. The van der Waals surface area contributed by atoms with E-state index in [0.717, 1.165) is 28.4 Å². The van der Waals surface area contributed by atoms with Crippen LogP contribution in [0.2, 0.25) is 0 Å². The van der Waals surface area contributed by atoms with Crippen LogP contribution < -0.4 is 5.32 Å². The molecule has 0 aliphatic rings. The molecule has 0 saturated heterocycles. The number of halogens is 3. The summed E-state index contributed by atoms with van der Waals surface area (Å²) in [6, 6.07) is 3.76. The number of nitrogens with one attached hydrogen (secondary N) is 1. The third-order valence-corrected chi connectivity index (χ3v) is 4.09. The van der Waals surface area contributed by atoms with Gasteiger partial charge in [0.1, 0.15) is 17.6 Å². The molecule has 0 aliphatic heterocycles. The Morgan fingerprint density at radius 3 is 2.73 bits per heavy atom. The lowest BCUT2D eigenvalue weighted by Gasteiger charge is -2.10. The third kappa shape index (κ3) is 3.95. The van der Waals surface area contributed by atoms with E-state index in [9.17, 15) is 13.2 Å². The molecule has 1 N–H and O–H groups in total. The Kier molecular flexibility index (Phi) is 4.98. The molecule has 2 aromatic rings. The van der Waals surface area contributed by atoms with E-state index in [4.69, 9.17) is 5.26 Å². The topological polar surface area (TPSA) is 61.6 Å². The Labute approximate surface area is 129 Å². The molecule has 2 rings (SSSR count). The van der Waals surface area contributed by atoms with Crippen molar-refractivity contribution in [1.82, 2.24) is 9.97 Å². The summed E-state index contributed by atoms with van der Waals surface area (Å²) >= 11 is 1.57. The maximum Gasteiger partial charge on any atom is 0.433 e.